The van der Waals surface area contributed by atoms with Crippen molar-refractivity contribution in [3.8, 4) is 0 Å². The van der Waals surface area contributed by atoms with Crippen LogP contribution in [0.15, 0.2) is 30.3 Å². The Kier molecular flexibility index (Phi) is 4.46. The number of rotatable bonds is 5. The molecule has 0 radical (unpaired) electrons. The third-order valence-corrected chi connectivity index (χ3v) is 2.27. The van der Waals surface area contributed by atoms with Gasteiger partial charge in [0.05, 0.1) is 0 Å². The lowest BCUT2D eigenvalue weighted by atomic mass is 10.1. The first kappa shape index (κ1) is 13.0. The number of ketones is 1. The topological polar surface area (TPSA) is 74.6 Å². The minimum Gasteiger partial charge on any atom is -0.507 e. The van der Waals surface area contributed by atoms with Gasteiger partial charge in [0.1, 0.15) is 5.76 Å². The van der Waals surface area contributed by atoms with Gasteiger partial charge in [0.15, 0.2) is 0 Å². The van der Waals surface area contributed by atoms with Crippen molar-refractivity contribution >= 4 is 17.5 Å². The molecular weight excluding hydrogens is 220 g/mol. The van der Waals surface area contributed by atoms with Crippen molar-refractivity contribution in [2.45, 2.75) is 19.8 Å². The number of aliphatic hydroxyl groups excluding tert-OH is 1. The van der Waals surface area contributed by atoms with Crippen LogP contribution in [0.25, 0.3) is 5.76 Å². The van der Waals surface area contributed by atoms with Crippen molar-refractivity contribution in [1.29, 1.82) is 0 Å². The van der Waals surface area contributed by atoms with Crippen LogP contribution >= 0.6 is 0 Å². The number of carboxylic acids is 1. The van der Waals surface area contributed by atoms with E-state index in [9.17, 15) is 14.7 Å². The van der Waals surface area contributed by atoms with Crippen LogP contribution in [0.3, 0.4) is 0 Å². The standard InChI is InChI=1S/C13H14O4/c1-2-3-9-4-6-10(7-5-9)11(14)8-12(15)13(16)17/h4-8,14H,2-3H2,1H3,(H,16,17). The number of hydrogen-bond donors (Lipinski definition) is 2. The molecule has 0 aliphatic rings. The molecule has 0 atom stereocenters. The molecule has 0 unspecified atom stereocenters. The summed E-state index contributed by atoms with van der Waals surface area (Å²) in [6.07, 6.45) is 2.68. The molecule has 1 rings (SSSR count). The second-order valence-electron chi connectivity index (χ2n) is 3.65. The molecule has 0 bridgehead atoms. The largest absolute Gasteiger partial charge is 0.507 e. The first-order valence-corrected chi connectivity index (χ1v) is 5.31. The number of carbonyl (C=O) groups is 2. The van der Waals surface area contributed by atoms with E-state index in [4.69, 9.17) is 5.11 Å². The Morgan fingerprint density at radius 2 is 1.76 bits per heavy atom. The van der Waals surface area contributed by atoms with Crippen LogP contribution in [0.4, 0.5) is 0 Å². The third kappa shape index (κ3) is 3.75. The predicted octanol–water partition coefficient (Wildman–Crippen LogP) is 2.19. The molecule has 0 saturated carbocycles. The molecule has 0 spiro atoms. The lowest BCUT2D eigenvalue weighted by Gasteiger charge is -2.02. The average Bonchev–Trinajstić information content (AvgIpc) is 2.30. The highest BCUT2D eigenvalue weighted by Crippen LogP contribution is 2.13. The van der Waals surface area contributed by atoms with Crippen molar-refractivity contribution in [1.82, 2.24) is 0 Å². The molecule has 2 N–H and O–H groups in total. The Balaban J connectivity index is 2.86. The Labute approximate surface area is 99.2 Å². The summed E-state index contributed by atoms with van der Waals surface area (Å²) in [4.78, 5) is 21.2. The fourth-order valence-corrected chi connectivity index (χ4v) is 1.40. The summed E-state index contributed by atoms with van der Waals surface area (Å²) >= 11 is 0. The molecule has 0 aromatic heterocycles. The highest BCUT2D eigenvalue weighted by Gasteiger charge is 2.10. The number of carboxylic acid groups (broad SMARTS) is 1. The van der Waals surface area contributed by atoms with Crippen molar-refractivity contribution in [3.05, 3.63) is 41.5 Å². The average molecular weight is 234 g/mol. The van der Waals surface area contributed by atoms with Crippen LogP contribution in [0.5, 0.6) is 0 Å². The fraction of sp³-hybridized carbons (Fsp3) is 0.231. The molecule has 4 nitrogen and oxygen atoms in total. The molecule has 1 aromatic rings. The lowest BCUT2D eigenvalue weighted by Crippen LogP contribution is -2.09. The SMILES string of the molecule is CCCc1ccc(C(O)=CC(=O)C(=O)O)cc1. The van der Waals surface area contributed by atoms with Crippen molar-refractivity contribution in [2.24, 2.45) is 0 Å². The maximum Gasteiger partial charge on any atom is 0.376 e. The van der Waals surface area contributed by atoms with Crippen molar-refractivity contribution in [3.63, 3.8) is 0 Å². The number of benzene rings is 1. The van der Waals surface area contributed by atoms with Gasteiger partial charge in [0, 0.05) is 11.6 Å². The molecule has 0 aliphatic heterocycles. The molecule has 0 aliphatic carbocycles. The maximum atomic E-state index is 10.9. The van der Waals surface area contributed by atoms with Crippen molar-refractivity contribution < 1.29 is 19.8 Å². The molecule has 0 amide bonds. The number of aliphatic hydroxyl groups is 1. The Morgan fingerprint density at radius 1 is 1.18 bits per heavy atom. The quantitative estimate of drug-likeness (QED) is 0.465. The number of aliphatic carboxylic acids is 1. The van der Waals surface area contributed by atoms with Crippen LogP contribution in [0.1, 0.15) is 24.5 Å². The van der Waals surface area contributed by atoms with Crippen LogP contribution in [-0.4, -0.2) is 22.0 Å². The summed E-state index contributed by atoms with van der Waals surface area (Å²) in [6, 6.07) is 7.00. The summed E-state index contributed by atoms with van der Waals surface area (Å²) < 4.78 is 0. The van der Waals surface area contributed by atoms with E-state index < -0.39 is 11.8 Å². The molecule has 0 heterocycles. The van der Waals surface area contributed by atoms with Gasteiger partial charge in [-0.05, 0) is 12.0 Å². The first-order valence-electron chi connectivity index (χ1n) is 5.31. The van der Waals surface area contributed by atoms with E-state index in [0.29, 0.717) is 11.6 Å². The van der Waals surface area contributed by atoms with E-state index in [2.05, 4.69) is 6.92 Å². The third-order valence-electron chi connectivity index (χ3n) is 2.27. The van der Waals surface area contributed by atoms with Gasteiger partial charge in [-0.3, -0.25) is 4.79 Å². The van der Waals surface area contributed by atoms with Gasteiger partial charge in [-0.2, -0.15) is 0 Å². The Bertz CT molecular complexity index is 443. The van der Waals surface area contributed by atoms with Gasteiger partial charge >= 0.3 is 5.97 Å². The van der Waals surface area contributed by atoms with Gasteiger partial charge in [-0.15, -0.1) is 0 Å². The van der Waals surface area contributed by atoms with Crippen LogP contribution in [-0.2, 0) is 16.0 Å². The minimum absolute atomic E-state index is 0.333. The molecule has 1 aromatic carbocycles. The van der Waals surface area contributed by atoms with Crippen LogP contribution in [0, 0.1) is 0 Å². The predicted molar refractivity (Wildman–Crippen MR) is 63.7 cm³/mol. The van der Waals surface area contributed by atoms with Crippen LogP contribution < -0.4 is 0 Å². The molecule has 0 fully saturated rings. The second kappa shape index (κ2) is 5.84. The zero-order valence-corrected chi connectivity index (χ0v) is 9.51. The van der Waals surface area contributed by atoms with E-state index >= 15 is 0 Å². The summed E-state index contributed by atoms with van der Waals surface area (Å²) in [6.45, 7) is 2.07. The highest BCUT2D eigenvalue weighted by atomic mass is 16.4. The fourth-order valence-electron chi connectivity index (χ4n) is 1.40. The number of hydrogen-bond acceptors (Lipinski definition) is 3. The van der Waals surface area contributed by atoms with Gasteiger partial charge in [0.2, 0.25) is 0 Å². The summed E-state index contributed by atoms with van der Waals surface area (Å²) in [7, 11) is 0. The van der Waals surface area contributed by atoms with E-state index in [1.54, 1.807) is 12.1 Å². The maximum absolute atomic E-state index is 10.9. The molecule has 17 heavy (non-hydrogen) atoms. The monoisotopic (exact) mass is 234 g/mol. The number of carbonyl (C=O) groups excluding carboxylic acids is 1. The van der Waals surface area contributed by atoms with Crippen LogP contribution in [0.2, 0.25) is 0 Å². The molecule has 0 saturated heterocycles. The van der Waals surface area contributed by atoms with E-state index in [-0.39, 0.29) is 5.76 Å². The van der Waals surface area contributed by atoms with E-state index in [1.807, 2.05) is 12.1 Å². The van der Waals surface area contributed by atoms with E-state index in [0.717, 1.165) is 18.4 Å². The highest BCUT2D eigenvalue weighted by molar-refractivity contribution is 6.38. The number of aryl methyl sites for hydroxylation is 1. The zero-order valence-electron chi connectivity index (χ0n) is 9.51. The molecule has 4 heteroatoms. The Morgan fingerprint density at radius 3 is 2.24 bits per heavy atom. The molecular formula is C13H14O4. The zero-order chi connectivity index (χ0) is 12.8. The molecule has 90 valence electrons. The minimum atomic E-state index is -1.58. The van der Waals surface area contributed by atoms with Gasteiger partial charge in [-0.25, -0.2) is 4.79 Å². The lowest BCUT2D eigenvalue weighted by molar-refractivity contribution is -0.146. The summed E-state index contributed by atoms with van der Waals surface area (Å²) in [5, 5.41) is 17.9. The first-order chi connectivity index (χ1) is 8.04. The van der Waals surface area contributed by atoms with Crippen molar-refractivity contribution in [2.75, 3.05) is 0 Å². The summed E-state index contributed by atoms with van der Waals surface area (Å²) in [5.41, 5.74) is 1.56. The Hall–Kier alpha value is -2.10. The smallest absolute Gasteiger partial charge is 0.376 e. The summed E-state index contributed by atoms with van der Waals surface area (Å²) in [5.74, 6) is -3.06. The van der Waals surface area contributed by atoms with Gasteiger partial charge < -0.3 is 10.2 Å². The van der Waals surface area contributed by atoms with Gasteiger partial charge in [0.25, 0.3) is 5.78 Å². The van der Waals surface area contributed by atoms with Gasteiger partial charge in [-0.1, -0.05) is 37.6 Å². The normalized spacial score (nSPS) is 11.2. The van der Waals surface area contributed by atoms with E-state index in [1.165, 1.54) is 0 Å². The second-order valence-corrected chi connectivity index (χ2v) is 3.65.